The maximum atomic E-state index is 13.0. The molecule has 2 heterocycles. The van der Waals surface area contributed by atoms with E-state index < -0.39 is 0 Å². The number of ether oxygens (including phenoxy) is 1. The molecule has 1 saturated heterocycles. The van der Waals surface area contributed by atoms with Crippen molar-refractivity contribution in [1.82, 2.24) is 9.80 Å². The van der Waals surface area contributed by atoms with E-state index in [0.717, 1.165) is 47.0 Å². The second kappa shape index (κ2) is 10.4. The molecule has 0 unspecified atom stereocenters. The molecule has 8 heteroatoms. The summed E-state index contributed by atoms with van der Waals surface area (Å²) in [4.78, 5) is 17.9. The van der Waals surface area contributed by atoms with Gasteiger partial charge in [-0.05, 0) is 59.8 Å². The van der Waals surface area contributed by atoms with Crippen LogP contribution in [-0.4, -0.2) is 41.9 Å². The van der Waals surface area contributed by atoms with E-state index in [0.29, 0.717) is 34.8 Å². The minimum Gasteiger partial charge on any atom is -0.489 e. The van der Waals surface area contributed by atoms with Gasteiger partial charge in [0, 0.05) is 43.3 Å². The lowest BCUT2D eigenvalue weighted by molar-refractivity contribution is 0.0633. The van der Waals surface area contributed by atoms with Crippen LogP contribution in [0.4, 0.5) is 0 Å². The number of carbonyl (C=O) groups excluding carboxylic acids is 1. The van der Waals surface area contributed by atoms with Gasteiger partial charge in [-0.2, -0.15) is 0 Å². The molecule has 0 spiro atoms. The van der Waals surface area contributed by atoms with Crippen LogP contribution in [0.15, 0.2) is 47.8 Å². The van der Waals surface area contributed by atoms with Gasteiger partial charge < -0.3 is 9.64 Å². The van der Waals surface area contributed by atoms with Crippen molar-refractivity contribution < 1.29 is 9.53 Å². The van der Waals surface area contributed by atoms with E-state index in [2.05, 4.69) is 4.90 Å². The first kappa shape index (κ1) is 23.4. The van der Waals surface area contributed by atoms with Crippen LogP contribution in [0.1, 0.15) is 26.4 Å². The Kier molecular flexibility index (Phi) is 7.64. The summed E-state index contributed by atoms with van der Waals surface area (Å²) in [5.74, 6) is 0.879. The number of hydrogen-bond donors (Lipinski definition) is 0. The van der Waals surface area contributed by atoms with Crippen molar-refractivity contribution in [2.24, 2.45) is 0 Å². The second-order valence-electron chi connectivity index (χ2n) is 7.83. The Morgan fingerprint density at radius 1 is 0.969 bits per heavy atom. The third-order valence-electron chi connectivity index (χ3n) is 5.45. The van der Waals surface area contributed by atoms with Crippen LogP contribution in [0, 0.1) is 6.92 Å². The summed E-state index contributed by atoms with van der Waals surface area (Å²) in [6.07, 6.45) is 0. The second-order valence-corrected chi connectivity index (χ2v) is 10.00. The van der Waals surface area contributed by atoms with E-state index in [9.17, 15) is 4.79 Å². The lowest BCUT2D eigenvalue weighted by atomic mass is 10.2. The molecule has 0 saturated carbocycles. The fraction of sp³-hybridized carbons (Fsp3) is 0.292. The van der Waals surface area contributed by atoms with Gasteiger partial charge in [0.25, 0.3) is 5.91 Å². The van der Waals surface area contributed by atoms with Crippen molar-refractivity contribution in [3.8, 4) is 5.75 Å². The summed E-state index contributed by atoms with van der Waals surface area (Å²) in [6.45, 7) is 6.23. The van der Waals surface area contributed by atoms with Crippen LogP contribution in [0.2, 0.25) is 15.1 Å². The molecule has 168 valence electrons. The zero-order chi connectivity index (χ0) is 22.7. The minimum atomic E-state index is 0.0816. The molecule has 4 nitrogen and oxygen atoms in total. The van der Waals surface area contributed by atoms with Gasteiger partial charge >= 0.3 is 0 Å². The largest absolute Gasteiger partial charge is 0.489 e. The highest BCUT2D eigenvalue weighted by atomic mass is 35.5. The molecule has 1 aliphatic rings. The van der Waals surface area contributed by atoms with E-state index in [4.69, 9.17) is 39.5 Å². The maximum absolute atomic E-state index is 13.0. The molecular weight excluding hydrogens is 487 g/mol. The van der Waals surface area contributed by atoms with Gasteiger partial charge in [-0.3, -0.25) is 9.69 Å². The summed E-state index contributed by atoms with van der Waals surface area (Å²) >= 11 is 19.6. The van der Waals surface area contributed by atoms with Crippen molar-refractivity contribution in [1.29, 1.82) is 0 Å². The zero-order valence-corrected chi connectivity index (χ0v) is 20.7. The average Bonchev–Trinajstić information content (AvgIpc) is 3.25. The monoisotopic (exact) mass is 508 g/mol. The first-order valence-corrected chi connectivity index (χ1v) is 12.3. The number of hydrogen-bond acceptors (Lipinski definition) is 4. The first-order chi connectivity index (χ1) is 15.4. The highest BCUT2D eigenvalue weighted by Gasteiger charge is 2.23. The minimum absolute atomic E-state index is 0.0816. The Hall–Kier alpha value is -1.76. The molecule has 32 heavy (non-hydrogen) atoms. The Balaban J connectivity index is 1.28. The van der Waals surface area contributed by atoms with Crippen LogP contribution in [0.3, 0.4) is 0 Å². The molecule has 0 radical (unpaired) electrons. The predicted octanol–water partition coefficient (Wildman–Crippen LogP) is 6.55. The number of halogens is 3. The Morgan fingerprint density at radius 2 is 1.75 bits per heavy atom. The molecule has 0 bridgehead atoms. The third-order valence-corrected chi connectivity index (χ3v) is 7.39. The molecule has 2 aromatic carbocycles. The van der Waals surface area contributed by atoms with Crippen molar-refractivity contribution in [3.05, 3.63) is 84.5 Å². The van der Waals surface area contributed by atoms with Crippen molar-refractivity contribution >= 4 is 52.0 Å². The quantitative estimate of drug-likeness (QED) is 0.377. The number of rotatable bonds is 6. The average molecular weight is 510 g/mol. The van der Waals surface area contributed by atoms with Crippen LogP contribution in [-0.2, 0) is 13.2 Å². The highest BCUT2D eigenvalue weighted by Crippen LogP contribution is 2.25. The van der Waals surface area contributed by atoms with E-state index in [-0.39, 0.29) is 5.91 Å². The van der Waals surface area contributed by atoms with Crippen LogP contribution < -0.4 is 4.74 Å². The van der Waals surface area contributed by atoms with Crippen LogP contribution in [0.25, 0.3) is 0 Å². The topological polar surface area (TPSA) is 32.8 Å². The Labute approximate surface area is 207 Å². The number of amides is 1. The van der Waals surface area contributed by atoms with E-state index in [1.54, 1.807) is 0 Å². The van der Waals surface area contributed by atoms with Gasteiger partial charge in [-0.1, -0.05) is 40.9 Å². The molecular formula is C24H23Cl3N2O2S. The van der Waals surface area contributed by atoms with E-state index in [1.807, 2.05) is 59.7 Å². The van der Waals surface area contributed by atoms with Gasteiger partial charge in [0.2, 0.25) is 0 Å². The summed E-state index contributed by atoms with van der Waals surface area (Å²) < 4.78 is 5.90. The number of thiophene rings is 1. The lowest BCUT2D eigenvalue weighted by Gasteiger charge is -2.34. The molecule has 0 atom stereocenters. The van der Waals surface area contributed by atoms with Crippen LogP contribution >= 0.6 is 46.1 Å². The third kappa shape index (κ3) is 5.77. The number of piperazine rings is 1. The normalized spacial score (nSPS) is 14.6. The number of aryl methyl sites for hydroxylation is 1. The maximum Gasteiger partial charge on any atom is 0.264 e. The number of carbonyl (C=O) groups is 1. The molecule has 1 aromatic heterocycles. The number of nitrogens with zero attached hydrogens (tertiary/aromatic N) is 2. The van der Waals surface area contributed by atoms with Gasteiger partial charge in [0.1, 0.15) is 12.4 Å². The number of benzene rings is 2. The van der Waals surface area contributed by atoms with Gasteiger partial charge in [0.05, 0.1) is 14.9 Å². The molecule has 1 fully saturated rings. The summed E-state index contributed by atoms with van der Waals surface area (Å²) in [5, 5.41) is 3.81. The summed E-state index contributed by atoms with van der Waals surface area (Å²) in [6, 6.07) is 13.2. The Bertz CT molecular complexity index is 1110. The SMILES string of the molecule is Cc1cc(Cl)ccc1OCc1csc(C(=O)N2CCN(Cc3ccc(Cl)c(Cl)c3)CC2)c1. The lowest BCUT2D eigenvalue weighted by Crippen LogP contribution is -2.48. The molecule has 3 aromatic rings. The molecule has 4 rings (SSSR count). The first-order valence-electron chi connectivity index (χ1n) is 10.3. The van der Waals surface area contributed by atoms with Crippen molar-refractivity contribution in [2.45, 2.75) is 20.1 Å². The fourth-order valence-electron chi connectivity index (χ4n) is 3.66. The molecule has 1 aliphatic heterocycles. The Morgan fingerprint density at radius 3 is 2.47 bits per heavy atom. The predicted molar refractivity (Wildman–Crippen MR) is 132 cm³/mol. The van der Waals surface area contributed by atoms with Crippen molar-refractivity contribution in [2.75, 3.05) is 26.2 Å². The highest BCUT2D eigenvalue weighted by molar-refractivity contribution is 7.12. The standard InChI is InChI=1S/C24H23Cl3N2O2S/c1-16-10-19(25)3-5-22(16)31-14-18-12-23(32-15-18)24(30)29-8-6-28(7-9-29)13-17-2-4-20(26)21(27)11-17/h2-5,10-12,15H,6-9,13-14H2,1H3. The van der Waals surface area contributed by atoms with Gasteiger partial charge in [0.15, 0.2) is 0 Å². The summed E-state index contributed by atoms with van der Waals surface area (Å²) in [7, 11) is 0. The van der Waals surface area contributed by atoms with E-state index >= 15 is 0 Å². The fourth-order valence-corrected chi connectivity index (χ4v) is 5.07. The van der Waals surface area contributed by atoms with E-state index in [1.165, 1.54) is 11.3 Å². The van der Waals surface area contributed by atoms with Gasteiger partial charge in [-0.15, -0.1) is 11.3 Å². The molecule has 1 amide bonds. The van der Waals surface area contributed by atoms with Crippen molar-refractivity contribution in [3.63, 3.8) is 0 Å². The zero-order valence-electron chi connectivity index (χ0n) is 17.6. The van der Waals surface area contributed by atoms with Crippen LogP contribution in [0.5, 0.6) is 5.75 Å². The van der Waals surface area contributed by atoms with Gasteiger partial charge in [-0.25, -0.2) is 0 Å². The smallest absolute Gasteiger partial charge is 0.264 e. The molecule has 0 N–H and O–H groups in total. The molecule has 0 aliphatic carbocycles. The summed E-state index contributed by atoms with van der Waals surface area (Å²) in [5.41, 5.74) is 3.10.